The number of rotatable bonds is 4. The van der Waals surface area contributed by atoms with Gasteiger partial charge in [0, 0.05) is 49.0 Å². The number of methoxy groups -OCH3 is 1. The van der Waals surface area contributed by atoms with Gasteiger partial charge >= 0.3 is 0 Å². The van der Waals surface area contributed by atoms with Crippen LogP contribution in [0.4, 0.5) is 5.69 Å². The zero-order valence-electron chi connectivity index (χ0n) is 12.2. The molecule has 0 spiro atoms. The fourth-order valence-electron chi connectivity index (χ4n) is 2.69. The Morgan fingerprint density at radius 2 is 2.27 bits per heavy atom. The van der Waals surface area contributed by atoms with Gasteiger partial charge in [0.05, 0.1) is 11.0 Å². The molecule has 2 N–H and O–H groups in total. The second kappa shape index (κ2) is 7.04. The van der Waals surface area contributed by atoms with E-state index in [0.29, 0.717) is 25.9 Å². The highest BCUT2D eigenvalue weighted by molar-refractivity contribution is 6.31. The fraction of sp³-hybridized carbons (Fsp3) is 0.500. The predicted octanol–water partition coefficient (Wildman–Crippen LogP) is 1.83. The molecule has 0 saturated carbocycles. The van der Waals surface area contributed by atoms with E-state index in [9.17, 15) is 14.9 Å². The summed E-state index contributed by atoms with van der Waals surface area (Å²) in [7, 11) is 1.63. The number of hydrogen-bond donors (Lipinski definition) is 1. The average Bonchev–Trinajstić information content (AvgIpc) is 2.52. The molecule has 1 heterocycles. The molecular weight excluding hydrogens is 310 g/mol. The van der Waals surface area contributed by atoms with Crippen LogP contribution >= 0.6 is 11.6 Å². The first kappa shape index (κ1) is 16.7. The molecule has 1 amide bonds. The number of carbonyl (C=O) groups is 1. The first-order chi connectivity index (χ1) is 10.5. The van der Waals surface area contributed by atoms with E-state index in [-0.39, 0.29) is 34.3 Å². The first-order valence-corrected chi connectivity index (χ1v) is 7.33. The second-order valence-corrected chi connectivity index (χ2v) is 5.66. The van der Waals surface area contributed by atoms with Crippen LogP contribution in [0.3, 0.4) is 0 Å². The molecule has 2 atom stereocenters. The van der Waals surface area contributed by atoms with Crippen LogP contribution < -0.4 is 5.73 Å². The lowest BCUT2D eigenvalue weighted by molar-refractivity contribution is -0.384. The quantitative estimate of drug-likeness (QED) is 0.672. The second-order valence-electron chi connectivity index (χ2n) is 5.23. The van der Waals surface area contributed by atoms with Gasteiger partial charge in [-0.2, -0.15) is 0 Å². The van der Waals surface area contributed by atoms with E-state index in [1.807, 2.05) is 0 Å². The first-order valence-electron chi connectivity index (χ1n) is 6.95. The monoisotopic (exact) mass is 327 g/mol. The molecule has 2 rings (SSSR count). The summed E-state index contributed by atoms with van der Waals surface area (Å²) in [6, 6.07) is 3.75. The SMILES string of the molecule is COC1CCN(C(=O)c2cc(Cl)cc([N+](=O)[O-])c2)C(CN)C1. The molecule has 1 aliphatic heterocycles. The van der Waals surface area contributed by atoms with E-state index < -0.39 is 4.92 Å². The molecule has 1 aliphatic rings. The van der Waals surface area contributed by atoms with Gasteiger partial charge in [0.25, 0.3) is 11.6 Å². The number of carbonyl (C=O) groups excluding carboxylic acids is 1. The van der Waals surface area contributed by atoms with E-state index in [1.165, 1.54) is 18.2 Å². The lowest BCUT2D eigenvalue weighted by Gasteiger charge is -2.38. The van der Waals surface area contributed by atoms with E-state index >= 15 is 0 Å². The van der Waals surface area contributed by atoms with Crippen molar-refractivity contribution in [3.8, 4) is 0 Å². The van der Waals surface area contributed by atoms with Crippen LogP contribution in [0, 0.1) is 10.1 Å². The molecule has 0 radical (unpaired) electrons. The molecule has 1 aromatic carbocycles. The maximum atomic E-state index is 12.6. The van der Waals surface area contributed by atoms with Gasteiger partial charge in [-0.15, -0.1) is 0 Å². The highest BCUT2D eigenvalue weighted by atomic mass is 35.5. The standard InChI is InChI=1S/C14H18ClN3O4/c1-22-13-2-3-17(12(7-13)8-16)14(19)9-4-10(15)6-11(5-9)18(20)21/h4-6,12-13H,2-3,7-8,16H2,1H3. The zero-order valence-corrected chi connectivity index (χ0v) is 13.0. The van der Waals surface area contributed by atoms with Gasteiger partial charge in [-0.25, -0.2) is 0 Å². The number of nitrogens with two attached hydrogens (primary N) is 1. The van der Waals surface area contributed by atoms with Gasteiger partial charge in [-0.3, -0.25) is 14.9 Å². The zero-order chi connectivity index (χ0) is 16.3. The van der Waals surface area contributed by atoms with E-state index in [0.717, 1.165) is 0 Å². The van der Waals surface area contributed by atoms with Crippen LogP contribution in [0.5, 0.6) is 0 Å². The highest BCUT2D eigenvalue weighted by Crippen LogP contribution is 2.25. The summed E-state index contributed by atoms with van der Waals surface area (Å²) in [4.78, 5) is 24.6. The number of nitro groups is 1. The predicted molar refractivity (Wildman–Crippen MR) is 82.0 cm³/mol. The van der Waals surface area contributed by atoms with Gasteiger partial charge < -0.3 is 15.4 Å². The van der Waals surface area contributed by atoms with Crippen LogP contribution in [0.1, 0.15) is 23.2 Å². The van der Waals surface area contributed by atoms with Crippen molar-refractivity contribution < 1.29 is 14.5 Å². The lowest BCUT2D eigenvalue weighted by atomic mass is 9.98. The molecule has 1 aromatic rings. The third-order valence-corrected chi connectivity index (χ3v) is 4.09. The van der Waals surface area contributed by atoms with Gasteiger partial charge in [0.1, 0.15) is 0 Å². The molecule has 0 bridgehead atoms. The van der Waals surface area contributed by atoms with Gasteiger partial charge in [-0.1, -0.05) is 11.6 Å². The highest BCUT2D eigenvalue weighted by Gasteiger charge is 2.32. The molecule has 0 aliphatic carbocycles. The van der Waals surface area contributed by atoms with E-state index in [1.54, 1.807) is 12.0 Å². The summed E-state index contributed by atoms with van der Waals surface area (Å²) >= 11 is 5.87. The van der Waals surface area contributed by atoms with Crippen molar-refractivity contribution in [2.45, 2.75) is 25.0 Å². The fourth-order valence-corrected chi connectivity index (χ4v) is 2.92. The molecular formula is C14H18ClN3O4. The Labute approximate surface area is 133 Å². The molecule has 8 heteroatoms. The summed E-state index contributed by atoms with van der Waals surface area (Å²) in [6.07, 6.45) is 1.44. The smallest absolute Gasteiger partial charge is 0.271 e. The molecule has 0 aromatic heterocycles. The number of ether oxygens (including phenoxy) is 1. The van der Waals surface area contributed by atoms with E-state index in [2.05, 4.69) is 0 Å². The van der Waals surface area contributed by atoms with Crippen molar-refractivity contribution in [1.29, 1.82) is 0 Å². The molecule has 1 fully saturated rings. The largest absolute Gasteiger partial charge is 0.381 e. The maximum Gasteiger partial charge on any atom is 0.271 e. The van der Waals surface area contributed by atoms with Gasteiger partial charge in [0.15, 0.2) is 0 Å². The molecule has 120 valence electrons. The number of nitro benzene ring substituents is 1. The summed E-state index contributed by atoms with van der Waals surface area (Å²) in [5.41, 5.74) is 5.75. The number of benzene rings is 1. The normalized spacial score (nSPS) is 21.7. The van der Waals surface area contributed by atoms with Crippen LogP contribution in [0.2, 0.25) is 5.02 Å². The van der Waals surface area contributed by atoms with Crippen LogP contribution in [-0.2, 0) is 4.74 Å². The number of nitrogens with zero attached hydrogens (tertiary/aromatic N) is 2. The van der Waals surface area contributed by atoms with Gasteiger partial charge in [-0.05, 0) is 18.9 Å². The third kappa shape index (κ3) is 3.55. The minimum atomic E-state index is -0.569. The summed E-state index contributed by atoms with van der Waals surface area (Å²) in [5, 5.41) is 11.1. The Hall–Kier alpha value is -1.70. The number of non-ortho nitro benzene ring substituents is 1. The topological polar surface area (TPSA) is 98.7 Å². The van der Waals surface area contributed by atoms with Crippen molar-refractivity contribution in [2.75, 3.05) is 20.2 Å². The third-order valence-electron chi connectivity index (χ3n) is 3.87. The number of amides is 1. The average molecular weight is 328 g/mol. The molecule has 7 nitrogen and oxygen atoms in total. The number of piperidine rings is 1. The minimum absolute atomic E-state index is 0.0753. The Morgan fingerprint density at radius 1 is 1.55 bits per heavy atom. The summed E-state index contributed by atoms with van der Waals surface area (Å²) in [5.74, 6) is -0.296. The van der Waals surface area contributed by atoms with E-state index in [4.69, 9.17) is 22.1 Å². The Morgan fingerprint density at radius 3 is 2.86 bits per heavy atom. The van der Waals surface area contributed by atoms with Crippen molar-refractivity contribution >= 4 is 23.2 Å². The lowest BCUT2D eigenvalue weighted by Crippen LogP contribution is -2.51. The summed E-state index contributed by atoms with van der Waals surface area (Å²) in [6.45, 7) is 0.813. The van der Waals surface area contributed by atoms with Crippen molar-refractivity contribution in [3.05, 3.63) is 38.9 Å². The van der Waals surface area contributed by atoms with Crippen LogP contribution in [-0.4, -0.2) is 48.1 Å². The Kier molecular flexibility index (Phi) is 5.33. The number of hydrogen-bond acceptors (Lipinski definition) is 5. The van der Waals surface area contributed by atoms with Gasteiger partial charge in [0.2, 0.25) is 0 Å². The Bertz CT molecular complexity index is 581. The van der Waals surface area contributed by atoms with Crippen molar-refractivity contribution in [2.24, 2.45) is 5.73 Å². The maximum absolute atomic E-state index is 12.6. The van der Waals surface area contributed by atoms with Crippen LogP contribution in [0.25, 0.3) is 0 Å². The minimum Gasteiger partial charge on any atom is -0.381 e. The number of likely N-dealkylation sites (tertiary alicyclic amines) is 1. The van der Waals surface area contributed by atoms with Crippen molar-refractivity contribution in [3.63, 3.8) is 0 Å². The molecule has 1 saturated heterocycles. The Balaban J connectivity index is 2.25. The molecule has 2 unspecified atom stereocenters. The summed E-state index contributed by atoms with van der Waals surface area (Å²) < 4.78 is 5.32. The van der Waals surface area contributed by atoms with Crippen molar-refractivity contribution in [1.82, 2.24) is 4.90 Å². The number of halogens is 1. The van der Waals surface area contributed by atoms with Crippen LogP contribution in [0.15, 0.2) is 18.2 Å². The molecule has 22 heavy (non-hydrogen) atoms.